The maximum absolute atomic E-state index is 11.7. The highest BCUT2D eigenvalue weighted by atomic mass is 32.1. The number of amides is 1. The predicted molar refractivity (Wildman–Crippen MR) is 91.6 cm³/mol. The number of carbonyl (C=O) groups excluding carboxylic acids is 1. The third kappa shape index (κ3) is 4.34. The molecule has 2 aromatic rings. The van der Waals surface area contributed by atoms with Crippen LogP contribution in [0.2, 0.25) is 0 Å². The average Bonchev–Trinajstić information content (AvgIpc) is 2.84. The second-order valence-electron chi connectivity index (χ2n) is 6.13. The van der Waals surface area contributed by atoms with Crippen molar-refractivity contribution in [3.8, 4) is 0 Å². The van der Waals surface area contributed by atoms with E-state index in [2.05, 4.69) is 47.4 Å². The number of carbonyl (C=O) groups is 1. The van der Waals surface area contributed by atoms with Gasteiger partial charge in [0.15, 0.2) is 0 Å². The number of hydrogen-bond donors (Lipinski definition) is 1. The fourth-order valence-electron chi connectivity index (χ4n) is 1.92. The summed E-state index contributed by atoms with van der Waals surface area (Å²) in [4.78, 5) is 18.4. The van der Waals surface area contributed by atoms with E-state index in [-0.39, 0.29) is 0 Å². The van der Waals surface area contributed by atoms with Gasteiger partial charge in [-0.05, 0) is 45.9 Å². The number of nitrogens with zero attached hydrogens (tertiary/aromatic N) is 2. The van der Waals surface area contributed by atoms with Gasteiger partial charge in [-0.2, -0.15) is 0 Å². The van der Waals surface area contributed by atoms with Gasteiger partial charge >= 0.3 is 6.09 Å². The summed E-state index contributed by atoms with van der Waals surface area (Å²) in [6.07, 6.45) is -0.418. The van der Waals surface area contributed by atoms with Crippen molar-refractivity contribution in [3.05, 3.63) is 23.2 Å². The van der Waals surface area contributed by atoms with Crippen molar-refractivity contribution < 1.29 is 9.53 Å². The van der Waals surface area contributed by atoms with Crippen molar-refractivity contribution in [2.24, 2.45) is 0 Å². The smallest absolute Gasteiger partial charge is 0.408 e. The van der Waals surface area contributed by atoms with Crippen LogP contribution in [-0.4, -0.2) is 30.3 Å². The lowest BCUT2D eigenvalue weighted by Crippen LogP contribution is -2.32. The van der Waals surface area contributed by atoms with Gasteiger partial charge in [0.2, 0.25) is 0 Å². The number of rotatable bonds is 4. The van der Waals surface area contributed by atoms with Crippen LogP contribution in [0.25, 0.3) is 10.2 Å². The summed E-state index contributed by atoms with van der Waals surface area (Å²) >= 11 is 1.59. The third-order valence-electron chi connectivity index (χ3n) is 3.11. The zero-order chi connectivity index (χ0) is 16.3. The largest absolute Gasteiger partial charge is 0.444 e. The molecule has 5 nitrogen and oxygen atoms in total. The van der Waals surface area contributed by atoms with E-state index in [0.717, 1.165) is 27.5 Å². The van der Waals surface area contributed by atoms with Crippen molar-refractivity contribution in [1.29, 1.82) is 0 Å². The number of anilines is 1. The first-order chi connectivity index (χ1) is 10.3. The molecule has 1 aromatic carbocycles. The standard InChI is InChI=1S/C16H23N3O2S/c1-6-19(5)11-7-8-13-12(9-11)18-14(22-13)10-17-15(20)21-16(2,3)4/h7-9H,6,10H2,1-5H3,(H,17,20). The minimum atomic E-state index is -0.489. The molecular formula is C16H23N3O2S. The minimum absolute atomic E-state index is 0.382. The fourth-order valence-corrected chi connectivity index (χ4v) is 2.81. The van der Waals surface area contributed by atoms with E-state index < -0.39 is 11.7 Å². The number of benzene rings is 1. The van der Waals surface area contributed by atoms with E-state index in [0.29, 0.717) is 6.54 Å². The molecule has 0 radical (unpaired) electrons. The molecule has 0 aliphatic rings. The molecule has 0 unspecified atom stereocenters. The Morgan fingerprint density at radius 1 is 1.41 bits per heavy atom. The quantitative estimate of drug-likeness (QED) is 0.931. The van der Waals surface area contributed by atoms with E-state index in [1.54, 1.807) is 11.3 Å². The van der Waals surface area contributed by atoms with Crippen LogP contribution in [0.5, 0.6) is 0 Å². The molecule has 0 saturated carbocycles. The highest BCUT2D eigenvalue weighted by Gasteiger charge is 2.16. The molecule has 1 amide bonds. The van der Waals surface area contributed by atoms with Crippen LogP contribution in [0, 0.1) is 0 Å². The molecule has 0 aliphatic carbocycles. The average molecular weight is 321 g/mol. The van der Waals surface area contributed by atoms with Crippen molar-refractivity contribution in [3.63, 3.8) is 0 Å². The number of thiazole rings is 1. The molecule has 120 valence electrons. The Kier molecular flexibility index (Phi) is 4.90. The van der Waals surface area contributed by atoms with Crippen molar-refractivity contribution in [2.75, 3.05) is 18.5 Å². The SMILES string of the molecule is CCN(C)c1ccc2sc(CNC(=O)OC(C)(C)C)nc2c1. The second kappa shape index (κ2) is 6.52. The van der Waals surface area contributed by atoms with Gasteiger partial charge in [0.05, 0.1) is 16.8 Å². The van der Waals surface area contributed by atoms with Crippen molar-refractivity contribution in [1.82, 2.24) is 10.3 Å². The number of fused-ring (bicyclic) bond motifs is 1. The van der Waals surface area contributed by atoms with Crippen LogP contribution < -0.4 is 10.2 Å². The molecule has 1 N–H and O–H groups in total. The first-order valence-electron chi connectivity index (χ1n) is 7.36. The van der Waals surface area contributed by atoms with Gasteiger partial charge in [0.25, 0.3) is 0 Å². The molecule has 2 rings (SSSR count). The van der Waals surface area contributed by atoms with Gasteiger partial charge in [0.1, 0.15) is 10.6 Å². The van der Waals surface area contributed by atoms with Gasteiger partial charge < -0.3 is 15.0 Å². The van der Waals surface area contributed by atoms with Crippen LogP contribution in [0.4, 0.5) is 10.5 Å². The maximum atomic E-state index is 11.7. The predicted octanol–water partition coefficient (Wildman–Crippen LogP) is 3.78. The Balaban J connectivity index is 2.05. The monoisotopic (exact) mass is 321 g/mol. The van der Waals surface area contributed by atoms with Crippen LogP contribution in [-0.2, 0) is 11.3 Å². The van der Waals surface area contributed by atoms with Crippen molar-refractivity contribution >= 4 is 33.3 Å². The van der Waals surface area contributed by atoms with E-state index in [1.165, 1.54) is 0 Å². The molecule has 1 heterocycles. The summed E-state index contributed by atoms with van der Waals surface area (Å²) in [6.45, 7) is 8.97. The van der Waals surface area contributed by atoms with Gasteiger partial charge in [-0.1, -0.05) is 0 Å². The number of aromatic nitrogens is 1. The first-order valence-corrected chi connectivity index (χ1v) is 8.17. The molecular weight excluding hydrogens is 298 g/mol. The zero-order valence-electron chi connectivity index (χ0n) is 13.8. The zero-order valence-corrected chi connectivity index (χ0v) is 14.6. The van der Waals surface area contributed by atoms with Gasteiger partial charge in [0, 0.05) is 19.3 Å². The van der Waals surface area contributed by atoms with Gasteiger partial charge in [-0.15, -0.1) is 11.3 Å². The molecule has 0 saturated heterocycles. The molecule has 0 atom stereocenters. The highest BCUT2D eigenvalue weighted by molar-refractivity contribution is 7.18. The Hall–Kier alpha value is -1.82. The van der Waals surface area contributed by atoms with Gasteiger partial charge in [-0.25, -0.2) is 9.78 Å². The summed E-state index contributed by atoms with van der Waals surface area (Å²) in [5.41, 5.74) is 1.62. The molecule has 6 heteroatoms. The molecule has 1 aromatic heterocycles. The Morgan fingerprint density at radius 3 is 2.77 bits per heavy atom. The topological polar surface area (TPSA) is 54.5 Å². The van der Waals surface area contributed by atoms with E-state index in [9.17, 15) is 4.79 Å². The number of ether oxygens (including phenoxy) is 1. The lowest BCUT2D eigenvalue weighted by atomic mass is 10.2. The molecule has 0 spiro atoms. The molecule has 22 heavy (non-hydrogen) atoms. The van der Waals surface area contributed by atoms with Crippen LogP contribution >= 0.6 is 11.3 Å². The second-order valence-corrected chi connectivity index (χ2v) is 7.24. The van der Waals surface area contributed by atoms with Crippen LogP contribution in [0.15, 0.2) is 18.2 Å². The summed E-state index contributed by atoms with van der Waals surface area (Å²) in [7, 11) is 2.05. The summed E-state index contributed by atoms with van der Waals surface area (Å²) in [6, 6.07) is 6.24. The minimum Gasteiger partial charge on any atom is -0.444 e. The highest BCUT2D eigenvalue weighted by Crippen LogP contribution is 2.26. The normalized spacial score (nSPS) is 11.5. The summed E-state index contributed by atoms with van der Waals surface area (Å²) in [5, 5.41) is 3.61. The molecule has 0 aliphatic heterocycles. The third-order valence-corrected chi connectivity index (χ3v) is 4.15. The Labute approximate surface area is 135 Å². The van der Waals surface area contributed by atoms with E-state index in [4.69, 9.17) is 4.74 Å². The van der Waals surface area contributed by atoms with Crippen molar-refractivity contribution in [2.45, 2.75) is 39.8 Å². The lowest BCUT2D eigenvalue weighted by Gasteiger charge is -2.19. The van der Waals surface area contributed by atoms with Gasteiger partial charge in [-0.3, -0.25) is 0 Å². The summed E-state index contributed by atoms with van der Waals surface area (Å²) < 4.78 is 6.34. The lowest BCUT2D eigenvalue weighted by molar-refractivity contribution is 0.0523. The van der Waals surface area contributed by atoms with Crippen LogP contribution in [0.1, 0.15) is 32.7 Å². The number of alkyl carbamates (subject to hydrolysis) is 1. The van der Waals surface area contributed by atoms with Crippen LogP contribution in [0.3, 0.4) is 0 Å². The number of hydrogen-bond acceptors (Lipinski definition) is 5. The Morgan fingerprint density at radius 2 is 2.14 bits per heavy atom. The summed E-state index contributed by atoms with van der Waals surface area (Å²) in [5.74, 6) is 0. The fraction of sp³-hybridized carbons (Fsp3) is 0.500. The molecule has 0 bridgehead atoms. The van der Waals surface area contributed by atoms with E-state index in [1.807, 2.05) is 20.8 Å². The Bertz CT molecular complexity index is 661. The first kappa shape index (κ1) is 16.5. The number of nitrogens with one attached hydrogen (secondary N) is 1. The maximum Gasteiger partial charge on any atom is 0.408 e. The van der Waals surface area contributed by atoms with E-state index >= 15 is 0 Å². The molecule has 0 fully saturated rings.